The molecule has 0 amide bonds. The molecule has 1 N–H and O–H groups in total. The Morgan fingerprint density at radius 1 is 1.29 bits per heavy atom. The molecule has 3 nitrogen and oxygen atoms in total. The third-order valence-corrected chi connectivity index (χ3v) is 4.16. The summed E-state index contributed by atoms with van der Waals surface area (Å²) < 4.78 is 0. The van der Waals surface area contributed by atoms with E-state index in [4.69, 9.17) is 0 Å². The highest BCUT2D eigenvalue weighted by Crippen LogP contribution is 2.35. The minimum absolute atomic E-state index is 0.466. The van der Waals surface area contributed by atoms with Crippen LogP contribution in [0.5, 0.6) is 0 Å². The van der Waals surface area contributed by atoms with Crippen molar-refractivity contribution in [2.75, 3.05) is 11.4 Å². The number of benzene rings is 1. The first-order chi connectivity index (χ1) is 10.2. The summed E-state index contributed by atoms with van der Waals surface area (Å²) in [5, 5.41) is 9.85. The molecular weight excluding hydrogens is 260 g/mol. The van der Waals surface area contributed by atoms with Crippen molar-refractivity contribution in [1.82, 2.24) is 4.98 Å². The first kappa shape index (κ1) is 14.1. The number of aromatic nitrogens is 1. The van der Waals surface area contributed by atoms with Crippen LogP contribution in [-0.2, 0) is 6.42 Å². The van der Waals surface area contributed by atoms with Crippen molar-refractivity contribution in [2.45, 2.75) is 32.8 Å². The predicted octanol–water partition coefficient (Wildman–Crippen LogP) is 3.86. The molecule has 0 aliphatic carbocycles. The van der Waals surface area contributed by atoms with Crippen LogP contribution in [-0.4, -0.2) is 16.6 Å². The number of pyridine rings is 1. The Kier molecular flexibility index (Phi) is 3.93. The lowest BCUT2D eigenvalue weighted by atomic mass is 9.93. The summed E-state index contributed by atoms with van der Waals surface area (Å²) in [6.07, 6.45) is 3.23. The Bertz CT molecular complexity index is 609. The maximum Gasteiger partial charge on any atom is 0.0957 e. The standard InChI is InChI=1S/C18H22N2O/c1-3-18(21)16-9-8-15(11-19-16)20-12-13(2)10-14-6-4-5-7-17(14)20/h4-9,11,13,18,21H,3,10,12H2,1-2H3/t13?,18-/m0/s1. The van der Waals surface area contributed by atoms with Gasteiger partial charge in [-0.2, -0.15) is 0 Å². The highest BCUT2D eigenvalue weighted by atomic mass is 16.3. The largest absolute Gasteiger partial charge is 0.387 e. The number of hydrogen-bond donors (Lipinski definition) is 1. The van der Waals surface area contributed by atoms with Crippen molar-refractivity contribution in [3.8, 4) is 0 Å². The average Bonchev–Trinajstić information content (AvgIpc) is 2.53. The topological polar surface area (TPSA) is 36.4 Å². The number of nitrogens with zero attached hydrogens (tertiary/aromatic N) is 2. The van der Waals surface area contributed by atoms with Gasteiger partial charge in [0.05, 0.1) is 23.7 Å². The molecule has 2 aromatic rings. The molecule has 0 spiro atoms. The third-order valence-electron chi connectivity index (χ3n) is 4.16. The van der Waals surface area contributed by atoms with Crippen LogP contribution in [0.4, 0.5) is 11.4 Å². The van der Waals surface area contributed by atoms with Crippen molar-refractivity contribution in [2.24, 2.45) is 5.92 Å². The molecule has 1 aromatic carbocycles. The SMILES string of the molecule is CC[C@H](O)c1ccc(N2CC(C)Cc3ccccc32)cn1. The molecule has 2 heterocycles. The molecule has 3 heteroatoms. The number of hydrogen-bond acceptors (Lipinski definition) is 3. The zero-order chi connectivity index (χ0) is 14.8. The maximum absolute atomic E-state index is 9.85. The number of fused-ring (bicyclic) bond motifs is 1. The highest BCUT2D eigenvalue weighted by molar-refractivity contribution is 5.67. The van der Waals surface area contributed by atoms with Gasteiger partial charge in [0.25, 0.3) is 0 Å². The fourth-order valence-corrected chi connectivity index (χ4v) is 3.00. The summed E-state index contributed by atoms with van der Waals surface area (Å²) >= 11 is 0. The first-order valence-corrected chi connectivity index (χ1v) is 7.68. The monoisotopic (exact) mass is 282 g/mol. The molecule has 0 fully saturated rings. The van der Waals surface area contributed by atoms with Crippen LogP contribution in [0, 0.1) is 5.92 Å². The van der Waals surface area contributed by atoms with Gasteiger partial charge in [-0.1, -0.05) is 32.0 Å². The summed E-state index contributed by atoms with van der Waals surface area (Å²) in [4.78, 5) is 6.76. The van der Waals surface area contributed by atoms with E-state index in [1.165, 1.54) is 11.3 Å². The van der Waals surface area contributed by atoms with Gasteiger partial charge in [0.2, 0.25) is 0 Å². The number of aliphatic hydroxyl groups is 1. The molecular formula is C18H22N2O. The van der Waals surface area contributed by atoms with Crippen LogP contribution in [0.15, 0.2) is 42.6 Å². The van der Waals surface area contributed by atoms with E-state index in [2.05, 4.69) is 47.1 Å². The summed E-state index contributed by atoms with van der Waals surface area (Å²) in [6.45, 7) is 5.25. The van der Waals surface area contributed by atoms with E-state index in [1.807, 2.05) is 19.2 Å². The van der Waals surface area contributed by atoms with Crippen LogP contribution >= 0.6 is 0 Å². The fraction of sp³-hybridized carbons (Fsp3) is 0.389. The second-order valence-corrected chi connectivity index (χ2v) is 5.91. The normalized spacial score (nSPS) is 19.2. The van der Waals surface area contributed by atoms with Crippen LogP contribution in [0.3, 0.4) is 0 Å². The molecule has 3 rings (SSSR count). The van der Waals surface area contributed by atoms with Crippen LogP contribution < -0.4 is 4.90 Å². The molecule has 1 aliphatic rings. The lowest BCUT2D eigenvalue weighted by Gasteiger charge is -2.34. The lowest BCUT2D eigenvalue weighted by molar-refractivity contribution is 0.169. The lowest BCUT2D eigenvalue weighted by Crippen LogP contribution is -2.30. The van der Waals surface area contributed by atoms with Crippen molar-refractivity contribution >= 4 is 11.4 Å². The quantitative estimate of drug-likeness (QED) is 0.928. The van der Waals surface area contributed by atoms with Crippen LogP contribution in [0.1, 0.15) is 37.6 Å². The molecule has 21 heavy (non-hydrogen) atoms. The van der Waals surface area contributed by atoms with Crippen LogP contribution in [0.2, 0.25) is 0 Å². The molecule has 1 aliphatic heterocycles. The highest BCUT2D eigenvalue weighted by Gasteiger charge is 2.22. The molecule has 0 saturated carbocycles. The summed E-state index contributed by atoms with van der Waals surface area (Å²) in [5.74, 6) is 0.626. The van der Waals surface area contributed by atoms with Gasteiger partial charge in [-0.3, -0.25) is 4.98 Å². The second kappa shape index (κ2) is 5.86. The molecule has 2 atom stereocenters. The third kappa shape index (κ3) is 2.79. The smallest absolute Gasteiger partial charge is 0.0957 e. The molecule has 0 radical (unpaired) electrons. The van der Waals surface area contributed by atoms with Crippen molar-refractivity contribution < 1.29 is 5.11 Å². The summed E-state index contributed by atoms with van der Waals surface area (Å²) in [7, 11) is 0. The molecule has 0 saturated heterocycles. The average molecular weight is 282 g/mol. The zero-order valence-corrected chi connectivity index (χ0v) is 12.7. The van der Waals surface area contributed by atoms with E-state index >= 15 is 0 Å². The Morgan fingerprint density at radius 3 is 2.81 bits per heavy atom. The van der Waals surface area contributed by atoms with E-state index < -0.39 is 6.10 Å². The summed E-state index contributed by atoms with van der Waals surface area (Å²) in [5.41, 5.74) is 4.52. The second-order valence-electron chi connectivity index (χ2n) is 5.91. The summed E-state index contributed by atoms with van der Waals surface area (Å²) in [6, 6.07) is 12.6. The van der Waals surface area contributed by atoms with E-state index in [1.54, 1.807) is 0 Å². The first-order valence-electron chi connectivity index (χ1n) is 7.68. The number of rotatable bonds is 3. The molecule has 110 valence electrons. The van der Waals surface area contributed by atoms with E-state index in [-0.39, 0.29) is 0 Å². The number of anilines is 2. The van der Waals surface area contributed by atoms with Gasteiger partial charge < -0.3 is 10.0 Å². The maximum atomic E-state index is 9.85. The minimum Gasteiger partial charge on any atom is -0.387 e. The molecule has 0 bridgehead atoms. The van der Waals surface area contributed by atoms with Gasteiger partial charge in [0.15, 0.2) is 0 Å². The predicted molar refractivity (Wildman–Crippen MR) is 85.8 cm³/mol. The van der Waals surface area contributed by atoms with Crippen LogP contribution in [0.25, 0.3) is 0 Å². The molecule has 1 unspecified atom stereocenters. The van der Waals surface area contributed by atoms with Gasteiger partial charge in [-0.05, 0) is 42.5 Å². The van der Waals surface area contributed by atoms with Gasteiger partial charge in [0.1, 0.15) is 0 Å². The number of para-hydroxylation sites is 1. The van der Waals surface area contributed by atoms with Crippen molar-refractivity contribution in [3.63, 3.8) is 0 Å². The fourth-order valence-electron chi connectivity index (χ4n) is 3.00. The van der Waals surface area contributed by atoms with Crippen molar-refractivity contribution in [1.29, 1.82) is 0 Å². The Morgan fingerprint density at radius 2 is 2.10 bits per heavy atom. The Hall–Kier alpha value is -1.87. The van der Waals surface area contributed by atoms with Crippen molar-refractivity contribution in [3.05, 3.63) is 53.9 Å². The Labute approximate surface area is 126 Å². The van der Waals surface area contributed by atoms with Gasteiger partial charge in [0, 0.05) is 12.2 Å². The minimum atomic E-state index is -0.466. The number of aliphatic hydroxyl groups excluding tert-OH is 1. The van der Waals surface area contributed by atoms with Gasteiger partial charge >= 0.3 is 0 Å². The van der Waals surface area contributed by atoms with E-state index in [9.17, 15) is 5.11 Å². The Balaban J connectivity index is 1.93. The molecule has 1 aromatic heterocycles. The van der Waals surface area contributed by atoms with Gasteiger partial charge in [-0.25, -0.2) is 0 Å². The van der Waals surface area contributed by atoms with E-state index in [0.717, 1.165) is 24.3 Å². The van der Waals surface area contributed by atoms with E-state index in [0.29, 0.717) is 12.3 Å². The van der Waals surface area contributed by atoms with Gasteiger partial charge in [-0.15, -0.1) is 0 Å². The zero-order valence-electron chi connectivity index (χ0n) is 12.7.